The summed E-state index contributed by atoms with van der Waals surface area (Å²) in [4.78, 5) is 16.9. The molecule has 0 radical (unpaired) electrons. The van der Waals surface area contributed by atoms with Crippen molar-refractivity contribution in [2.75, 3.05) is 0 Å². The molecule has 3 N–H and O–H groups in total. The monoisotopic (exact) mass is 413 g/mol. The Labute approximate surface area is 168 Å². The number of hydrogen-bond acceptors (Lipinski definition) is 8. The molecule has 0 saturated carbocycles. The van der Waals surface area contributed by atoms with Crippen molar-refractivity contribution in [2.45, 2.75) is 19.5 Å². The Morgan fingerprint density at radius 2 is 1.97 bits per heavy atom. The van der Waals surface area contributed by atoms with Crippen LogP contribution in [-0.4, -0.2) is 26.3 Å². The number of benzene rings is 2. The van der Waals surface area contributed by atoms with Gasteiger partial charge in [0.2, 0.25) is 17.7 Å². The molecule has 0 saturated heterocycles. The summed E-state index contributed by atoms with van der Waals surface area (Å²) in [5.41, 5.74) is 4.46. The number of hydrogen-bond donors (Lipinski definition) is 3. The van der Waals surface area contributed by atoms with Crippen LogP contribution in [-0.2, 0) is 11.3 Å². The number of carbonyl (C=O) groups excluding carboxylic acids is 1. The van der Waals surface area contributed by atoms with Crippen molar-refractivity contribution >= 4 is 27.5 Å². The van der Waals surface area contributed by atoms with Gasteiger partial charge in [0, 0.05) is 6.92 Å². The smallest absolute Gasteiger partial charge is 0.246 e. The van der Waals surface area contributed by atoms with E-state index in [1.165, 1.54) is 23.5 Å². The summed E-state index contributed by atoms with van der Waals surface area (Å²) in [6.45, 7) is 1.69. The maximum atomic E-state index is 13.1. The number of amides is 1. The van der Waals surface area contributed by atoms with Crippen molar-refractivity contribution in [3.63, 3.8) is 0 Å². The number of carbonyl (C=O) groups is 1. The maximum Gasteiger partial charge on any atom is 0.246 e. The Hall–Kier alpha value is -3.21. The Morgan fingerprint density at radius 3 is 2.66 bits per heavy atom. The predicted octanol–water partition coefficient (Wildman–Crippen LogP) is 3.13. The Balaban J connectivity index is 1.55. The van der Waals surface area contributed by atoms with Gasteiger partial charge in [0.05, 0.1) is 16.8 Å². The lowest BCUT2D eigenvalue weighted by molar-refractivity contribution is -0.126. The lowest BCUT2D eigenvalue weighted by Gasteiger charge is -2.11. The Morgan fingerprint density at radius 1 is 1.21 bits per heavy atom. The predicted molar refractivity (Wildman–Crippen MR) is 104 cm³/mol. The van der Waals surface area contributed by atoms with E-state index in [0.29, 0.717) is 16.4 Å². The quantitative estimate of drug-likeness (QED) is 0.416. The first kappa shape index (κ1) is 19.1. The lowest BCUT2D eigenvalue weighted by Crippen LogP contribution is -2.35. The van der Waals surface area contributed by atoms with Crippen LogP contribution in [0.4, 0.5) is 4.39 Å². The van der Waals surface area contributed by atoms with Crippen LogP contribution in [0, 0.1) is 12.7 Å². The first-order valence-corrected chi connectivity index (χ1v) is 9.48. The van der Waals surface area contributed by atoms with E-state index < -0.39 is 11.9 Å². The number of thiazole rings is 1. The fourth-order valence-corrected chi connectivity index (χ4v) is 3.84. The second-order valence-corrected chi connectivity index (χ2v) is 7.30. The first-order valence-electron chi connectivity index (χ1n) is 8.66. The molecule has 10 heteroatoms. The van der Waals surface area contributed by atoms with E-state index in [4.69, 9.17) is 4.42 Å². The van der Waals surface area contributed by atoms with Crippen LogP contribution in [0.3, 0.4) is 0 Å². The third-order valence-electron chi connectivity index (χ3n) is 4.20. The lowest BCUT2D eigenvalue weighted by atomic mass is 10.1. The van der Waals surface area contributed by atoms with Gasteiger partial charge in [-0.2, -0.15) is 5.48 Å². The number of fused-ring (bicyclic) bond motifs is 1. The third-order valence-corrected chi connectivity index (χ3v) is 5.29. The minimum Gasteiger partial charge on any atom is -0.424 e. The molecule has 0 fully saturated rings. The van der Waals surface area contributed by atoms with Crippen LogP contribution < -0.4 is 10.8 Å². The van der Waals surface area contributed by atoms with Crippen LogP contribution in [0.1, 0.15) is 22.8 Å². The molecule has 1 atom stereocenters. The highest BCUT2D eigenvalue weighted by Gasteiger charge is 2.24. The SMILES string of the molecule is Cc1nnc(CNC(=O)C(NO)c2nc3ccc(-c4ccc(F)cc4)cc3s2)o1. The largest absolute Gasteiger partial charge is 0.424 e. The van der Waals surface area contributed by atoms with Gasteiger partial charge >= 0.3 is 0 Å². The van der Waals surface area contributed by atoms with Crippen LogP contribution in [0.5, 0.6) is 0 Å². The van der Waals surface area contributed by atoms with Gasteiger partial charge in [-0.25, -0.2) is 9.37 Å². The van der Waals surface area contributed by atoms with Crippen LogP contribution in [0.15, 0.2) is 46.9 Å². The molecule has 0 aliphatic carbocycles. The molecule has 8 nitrogen and oxygen atoms in total. The molecule has 4 rings (SSSR count). The molecule has 2 aromatic heterocycles. The number of rotatable bonds is 6. The van der Waals surface area contributed by atoms with Gasteiger partial charge < -0.3 is 14.9 Å². The average molecular weight is 413 g/mol. The highest BCUT2D eigenvalue weighted by molar-refractivity contribution is 7.18. The van der Waals surface area contributed by atoms with Crippen LogP contribution in [0.2, 0.25) is 0 Å². The van der Waals surface area contributed by atoms with E-state index in [1.807, 2.05) is 23.7 Å². The van der Waals surface area contributed by atoms with E-state index in [2.05, 4.69) is 20.5 Å². The topological polar surface area (TPSA) is 113 Å². The van der Waals surface area contributed by atoms with Crippen molar-refractivity contribution in [2.24, 2.45) is 0 Å². The Kier molecular flexibility index (Phi) is 5.30. The number of aromatic nitrogens is 3. The standard InChI is InChI=1S/C19H16FN5O3S/c1-10-23-24-16(28-10)9-21-18(26)17(25-27)19-22-14-7-4-12(8-15(14)29-19)11-2-5-13(20)6-3-11/h2-8,17,25,27H,9H2,1H3,(H,21,26). The molecule has 148 valence electrons. The van der Waals surface area contributed by atoms with Crippen LogP contribution >= 0.6 is 11.3 Å². The molecule has 2 heterocycles. The van der Waals surface area contributed by atoms with Crippen molar-refractivity contribution in [1.29, 1.82) is 0 Å². The second-order valence-electron chi connectivity index (χ2n) is 6.24. The van der Waals surface area contributed by atoms with Gasteiger partial charge in [0.1, 0.15) is 10.8 Å². The zero-order valence-electron chi connectivity index (χ0n) is 15.2. The molecule has 0 bridgehead atoms. The zero-order chi connectivity index (χ0) is 20.4. The van der Waals surface area contributed by atoms with Gasteiger partial charge in [-0.15, -0.1) is 21.5 Å². The fraction of sp³-hybridized carbons (Fsp3) is 0.158. The molecule has 1 amide bonds. The summed E-state index contributed by atoms with van der Waals surface area (Å²) in [7, 11) is 0. The van der Waals surface area contributed by atoms with E-state index in [-0.39, 0.29) is 18.3 Å². The summed E-state index contributed by atoms with van der Waals surface area (Å²) < 4.78 is 19.2. The molecule has 29 heavy (non-hydrogen) atoms. The van der Waals surface area contributed by atoms with Gasteiger partial charge in [-0.3, -0.25) is 4.79 Å². The summed E-state index contributed by atoms with van der Waals surface area (Å²) in [6.07, 6.45) is 0. The highest BCUT2D eigenvalue weighted by atomic mass is 32.1. The second kappa shape index (κ2) is 8.03. The normalized spacial score (nSPS) is 12.2. The fourth-order valence-electron chi connectivity index (χ4n) is 2.79. The molecular weight excluding hydrogens is 397 g/mol. The molecule has 0 aliphatic rings. The molecule has 0 aliphatic heterocycles. The summed E-state index contributed by atoms with van der Waals surface area (Å²) in [5.74, 6) is -0.121. The minimum atomic E-state index is -1.05. The van der Waals surface area contributed by atoms with Crippen molar-refractivity contribution in [3.05, 3.63) is 65.1 Å². The number of nitrogens with zero attached hydrogens (tertiary/aromatic N) is 3. The van der Waals surface area contributed by atoms with Gasteiger partial charge in [-0.1, -0.05) is 18.2 Å². The zero-order valence-corrected chi connectivity index (χ0v) is 16.0. The van der Waals surface area contributed by atoms with Gasteiger partial charge in [-0.05, 0) is 35.4 Å². The molecule has 4 aromatic rings. The highest BCUT2D eigenvalue weighted by Crippen LogP contribution is 2.31. The number of nitrogens with one attached hydrogen (secondary N) is 2. The van der Waals surface area contributed by atoms with Crippen LogP contribution in [0.25, 0.3) is 21.3 Å². The van der Waals surface area contributed by atoms with Crippen molar-refractivity contribution in [3.8, 4) is 11.1 Å². The molecular formula is C19H16FN5O3S. The van der Waals surface area contributed by atoms with E-state index in [9.17, 15) is 14.4 Å². The van der Waals surface area contributed by atoms with Gasteiger partial charge in [0.15, 0.2) is 6.04 Å². The van der Waals surface area contributed by atoms with E-state index in [1.54, 1.807) is 19.1 Å². The summed E-state index contributed by atoms with van der Waals surface area (Å²) in [5, 5.41) is 20.0. The van der Waals surface area contributed by atoms with Gasteiger partial charge in [0.25, 0.3) is 0 Å². The molecule has 0 spiro atoms. The van der Waals surface area contributed by atoms with Crippen molar-refractivity contribution in [1.82, 2.24) is 26.0 Å². The number of hydroxylamine groups is 1. The average Bonchev–Trinajstić information content (AvgIpc) is 3.32. The summed E-state index contributed by atoms with van der Waals surface area (Å²) in [6, 6.07) is 10.8. The third kappa shape index (κ3) is 4.14. The van der Waals surface area contributed by atoms with E-state index in [0.717, 1.165) is 15.8 Å². The first-order chi connectivity index (χ1) is 14.0. The van der Waals surface area contributed by atoms with E-state index >= 15 is 0 Å². The minimum absolute atomic E-state index is 0.0392. The number of aryl methyl sites for hydroxylation is 1. The summed E-state index contributed by atoms with van der Waals surface area (Å²) >= 11 is 1.28. The Bertz CT molecular complexity index is 1160. The molecule has 2 aromatic carbocycles. The number of halogens is 1. The molecule has 1 unspecified atom stereocenters. The maximum absolute atomic E-state index is 13.1. The van der Waals surface area contributed by atoms with Crippen molar-refractivity contribution < 1.29 is 18.8 Å².